The Hall–Kier alpha value is -3.98. The summed E-state index contributed by atoms with van der Waals surface area (Å²) < 4.78 is 3.84. The van der Waals surface area contributed by atoms with E-state index in [1.807, 2.05) is 46.5 Å². The summed E-state index contributed by atoms with van der Waals surface area (Å²) in [4.78, 5) is 12.5. The van der Waals surface area contributed by atoms with Gasteiger partial charge in [-0.25, -0.2) is 0 Å². The van der Waals surface area contributed by atoms with Crippen LogP contribution in [-0.2, 0) is 6.54 Å². The summed E-state index contributed by atoms with van der Waals surface area (Å²) in [6.07, 6.45) is 1.83. The molecule has 0 atom stereocenters. The molecule has 138 valence electrons. The van der Waals surface area contributed by atoms with Crippen LogP contribution < -0.4 is 5.73 Å². The largest absolute Gasteiger partial charge is 0.508 e. The molecule has 0 saturated carbocycles. The van der Waals surface area contributed by atoms with E-state index in [0.29, 0.717) is 34.4 Å². The SMILES string of the molecule is CCn1ccc(C#N)c1-c1c(C(N)=O)c2ccccc2n1-c1ccc(O)cc1. The number of rotatable bonds is 4. The highest BCUT2D eigenvalue weighted by atomic mass is 16.3. The number of carbonyl (C=O) groups excluding carboxylic acids is 1. The van der Waals surface area contributed by atoms with Crippen LogP contribution in [0.4, 0.5) is 0 Å². The first kappa shape index (κ1) is 17.4. The van der Waals surface area contributed by atoms with E-state index in [-0.39, 0.29) is 5.75 Å². The zero-order chi connectivity index (χ0) is 19.8. The number of aryl methyl sites for hydroxylation is 1. The van der Waals surface area contributed by atoms with Gasteiger partial charge in [0.25, 0.3) is 5.91 Å². The van der Waals surface area contributed by atoms with Gasteiger partial charge < -0.3 is 20.0 Å². The van der Waals surface area contributed by atoms with E-state index in [9.17, 15) is 15.2 Å². The second-order valence-electron chi connectivity index (χ2n) is 6.43. The Bertz CT molecular complexity index is 1240. The molecule has 0 aliphatic carbocycles. The van der Waals surface area contributed by atoms with Gasteiger partial charge in [-0.15, -0.1) is 0 Å². The summed E-state index contributed by atoms with van der Waals surface area (Å²) in [6.45, 7) is 2.61. The Kier molecular flexibility index (Phi) is 4.13. The lowest BCUT2D eigenvalue weighted by molar-refractivity contribution is 0.100. The summed E-state index contributed by atoms with van der Waals surface area (Å²) in [6, 6.07) is 18.2. The molecular formula is C22H18N4O2. The van der Waals surface area contributed by atoms with Crippen molar-refractivity contribution in [2.45, 2.75) is 13.5 Å². The minimum Gasteiger partial charge on any atom is -0.508 e. The number of primary amides is 1. The fraction of sp³-hybridized carbons (Fsp3) is 0.0909. The fourth-order valence-corrected chi connectivity index (χ4v) is 3.67. The Balaban J connectivity index is 2.22. The highest BCUT2D eigenvalue weighted by molar-refractivity contribution is 6.13. The Morgan fingerprint density at radius 2 is 1.82 bits per heavy atom. The topological polar surface area (TPSA) is 97.0 Å². The molecule has 0 aliphatic heterocycles. The molecule has 0 aliphatic rings. The van der Waals surface area contributed by atoms with Gasteiger partial charge in [0.05, 0.1) is 28.0 Å². The van der Waals surface area contributed by atoms with Gasteiger partial charge in [-0.1, -0.05) is 18.2 Å². The van der Waals surface area contributed by atoms with Gasteiger partial charge in [0.2, 0.25) is 0 Å². The first-order valence-corrected chi connectivity index (χ1v) is 8.89. The zero-order valence-corrected chi connectivity index (χ0v) is 15.3. The van der Waals surface area contributed by atoms with E-state index in [2.05, 4.69) is 6.07 Å². The van der Waals surface area contributed by atoms with Crippen molar-refractivity contribution in [3.63, 3.8) is 0 Å². The maximum Gasteiger partial charge on any atom is 0.251 e. The molecule has 0 radical (unpaired) electrons. The molecule has 0 unspecified atom stereocenters. The van der Waals surface area contributed by atoms with Crippen LogP contribution in [0.15, 0.2) is 60.8 Å². The van der Waals surface area contributed by atoms with E-state index in [1.165, 1.54) is 0 Å². The van der Waals surface area contributed by atoms with Crippen LogP contribution in [0, 0.1) is 11.3 Å². The second kappa shape index (κ2) is 6.63. The molecule has 0 saturated heterocycles. The third-order valence-corrected chi connectivity index (χ3v) is 4.88. The van der Waals surface area contributed by atoms with Crippen molar-refractivity contribution in [2.75, 3.05) is 0 Å². The molecular weight excluding hydrogens is 352 g/mol. The van der Waals surface area contributed by atoms with Gasteiger partial charge in [0.1, 0.15) is 11.8 Å². The smallest absolute Gasteiger partial charge is 0.251 e. The number of hydrogen-bond donors (Lipinski definition) is 2. The van der Waals surface area contributed by atoms with Crippen LogP contribution in [0.2, 0.25) is 0 Å². The maximum absolute atomic E-state index is 12.5. The van der Waals surface area contributed by atoms with Gasteiger partial charge in [0.15, 0.2) is 0 Å². The van der Waals surface area contributed by atoms with Crippen molar-refractivity contribution in [1.82, 2.24) is 9.13 Å². The lowest BCUT2D eigenvalue weighted by atomic mass is 10.1. The number of aromatic nitrogens is 2. The molecule has 2 aromatic carbocycles. The van der Waals surface area contributed by atoms with Crippen LogP contribution in [-0.4, -0.2) is 20.1 Å². The number of nitrogens with two attached hydrogens (primary N) is 1. The van der Waals surface area contributed by atoms with Crippen molar-refractivity contribution in [1.29, 1.82) is 5.26 Å². The van der Waals surface area contributed by atoms with Crippen LogP contribution in [0.5, 0.6) is 5.75 Å². The minimum absolute atomic E-state index is 0.145. The summed E-state index contributed by atoms with van der Waals surface area (Å²) in [7, 11) is 0. The number of benzene rings is 2. The molecule has 0 spiro atoms. The highest BCUT2D eigenvalue weighted by Crippen LogP contribution is 2.38. The number of aromatic hydroxyl groups is 1. The maximum atomic E-state index is 12.5. The Morgan fingerprint density at radius 1 is 1.11 bits per heavy atom. The lowest BCUT2D eigenvalue weighted by Gasteiger charge is -2.15. The van der Waals surface area contributed by atoms with Crippen molar-refractivity contribution in [3.05, 3.63) is 71.9 Å². The molecule has 0 fully saturated rings. The molecule has 28 heavy (non-hydrogen) atoms. The van der Waals surface area contributed by atoms with Crippen LogP contribution in [0.1, 0.15) is 22.8 Å². The van der Waals surface area contributed by atoms with Gasteiger partial charge in [-0.2, -0.15) is 5.26 Å². The number of amides is 1. The number of phenolic OH excluding ortho intramolecular Hbond substituents is 1. The molecule has 0 bridgehead atoms. The van der Waals surface area contributed by atoms with Gasteiger partial charge in [0, 0.05) is 23.8 Å². The Labute approximate surface area is 161 Å². The molecule has 6 nitrogen and oxygen atoms in total. The molecule has 2 aromatic heterocycles. The van der Waals surface area contributed by atoms with Crippen LogP contribution in [0.3, 0.4) is 0 Å². The monoisotopic (exact) mass is 370 g/mol. The Morgan fingerprint density at radius 3 is 2.46 bits per heavy atom. The number of nitrogens with zero attached hydrogens (tertiary/aromatic N) is 3. The van der Waals surface area contributed by atoms with Crippen molar-refractivity contribution in [3.8, 4) is 28.9 Å². The molecule has 2 heterocycles. The first-order valence-electron chi connectivity index (χ1n) is 8.89. The highest BCUT2D eigenvalue weighted by Gasteiger charge is 2.26. The molecule has 3 N–H and O–H groups in total. The third kappa shape index (κ3) is 2.53. The summed E-state index contributed by atoms with van der Waals surface area (Å²) in [5.41, 5.74) is 9.40. The van der Waals surface area contributed by atoms with Gasteiger partial charge in [-0.3, -0.25) is 4.79 Å². The van der Waals surface area contributed by atoms with Gasteiger partial charge >= 0.3 is 0 Å². The normalized spacial score (nSPS) is 10.9. The quantitative estimate of drug-likeness (QED) is 0.572. The number of fused-ring (bicyclic) bond motifs is 1. The summed E-state index contributed by atoms with van der Waals surface area (Å²) >= 11 is 0. The summed E-state index contributed by atoms with van der Waals surface area (Å²) in [5, 5.41) is 20.1. The van der Waals surface area contributed by atoms with E-state index in [1.54, 1.807) is 30.3 Å². The molecule has 1 amide bonds. The van der Waals surface area contributed by atoms with Crippen LogP contribution in [0.25, 0.3) is 28.0 Å². The fourth-order valence-electron chi connectivity index (χ4n) is 3.67. The first-order chi connectivity index (χ1) is 13.6. The average Bonchev–Trinajstić information content (AvgIpc) is 3.26. The number of para-hydroxylation sites is 1. The van der Waals surface area contributed by atoms with Gasteiger partial charge in [-0.05, 0) is 43.3 Å². The van der Waals surface area contributed by atoms with E-state index >= 15 is 0 Å². The molecule has 4 rings (SSSR count). The minimum atomic E-state index is -0.559. The zero-order valence-electron chi connectivity index (χ0n) is 15.3. The van der Waals surface area contributed by atoms with Crippen LogP contribution >= 0.6 is 0 Å². The lowest BCUT2D eigenvalue weighted by Crippen LogP contribution is -2.14. The number of carbonyl (C=O) groups is 1. The average molecular weight is 370 g/mol. The standard InChI is InChI=1S/C22H18N4O2/c1-2-25-12-11-14(13-23)20(25)21-19(22(24)28)17-5-3-4-6-18(17)26(21)15-7-9-16(27)10-8-15/h3-12,27H,2H2,1H3,(H2,24,28). The van der Waals surface area contributed by atoms with Crippen molar-refractivity contribution < 1.29 is 9.90 Å². The predicted octanol–water partition coefficient (Wildman–Crippen LogP) is 3.80. The van der Waals surface area contributed by atoms with E-state index in [4.69, 9.17) is 5.73 Å². The molecule has 6 heteroatoms. The number of nitriles is 1. The molecule has 4 aromatic rings. The van der Waals surface area contributed by atoms with E-state index < -0.39 is 5.91 Å². The predicted molar refractivity (Wildman–Crippen MR) is 107 cm³/mol. The number of hydrogen-bond acceptors (Lipinski definition) is 3. The number of phenols is 1. The van der Waals surface area contributed by atoms with Crippen molar-refractivity contribution >= 4 is 16.8 Å². The summed E-state index contributed by atoms with van der Waals surface area (Å²) in [5.74, 6) is -0.414. The van der Waals surface area contributed by atoms with Crippen molar-refractivity contribution in [2.24, 2.45) is 5.73 Å². The van der Waals surface area contributed by atoms with E-state index in [0.717, 1.165) is 11.2 Å². The second-order valence-corrected chi connectivity index (χ2v) is 6.43. The third-order valence-electron chi connectivity index (χ3n) is 4.88.